The summed E-state index contributed by atoms with van der Waals surface area (Å²) in [6.07, 6.45) is 1.62. The van der Waals surface area contributed by atoms with Gasteiger partial charge in [-0.25, -0.2) is 0 Å². The Bertz CT molecular complexity index is 776. The van der Waals surface area contributed by atoms with Crippen molar-refractivity contribution < 1.29 is 18.7 Å². The minimum absolute atomic E-state index is 0.0285. The molecule has 0 saturated carbocycles. The molecule has 1 aromatic carbocycles. The number of hydrogen-bond donors (Lipinski definition) is 2. The summed E-state index contributed by atoms with van der Waals surface area (Å²) in [7, 11) is 0. The van der Waals surface area contributed by atoms with E-state index in [1.165, 1.54) is 6.26 Å². The van der Waals surface area contributed by atoms with Crippen LogP contribution in [0, 0.1) is 0 Å². The maximum Gasteiger partial charge on any atom is 0.286 e. The van der Waals surface area contributed by atoms with E-state index in [2.05, 4.69) is 15.5 Å². The van der Waals surface area contributed by atoms with E-state index in [1.54, 1.807) is 12.1 Å². The number of halogens is 1. The van der Waals surface area contributed by atoms with Crippen LogP contribution in [0.1, 0.15) is 28.6 Å². The Balaban J connectivity index is 1.52. The van der Waals surface area contributed by atoms with Crippen LogP contribution >= 0.6 is 11.6 Å². The van der Waals surface area contributed by atoms with Crippen molar-refractivity contribution in [3.05, 3.63) is 59.0 Å². The predicted molar refractivity (Wildman–Crippen MR) is 105 cm³/mol. The molecule has 2 aromatic rings. The van der Waals surface area contributed by atoms with Crippen molar-refractivity contribution in [3.63, 3.8) is 0 Å². The molecule has 1 aliphatic heterocycles. The zero-order valence-electron chi connectivity index (χ0n) is 15.5. The van der Waals surface area contributed by atoms with Crippen molar-refractivity contribution in [1.29, 1.82) is 0 Å². The van der Waals surface area contributed by atoms with Crippen molar-refractivity contribution in [3.8, 4) is 0 Å². The summed E-state index contributed by atoms with van der Waals surface area (Å²) in [6.45, 7) is 3.56. The number of hydrogen-bond acceptors (Lipinski definition) is 5. The molecule has 1 aromatic heterocycles. The SMILES string of the molecule is O=C(CCNC(=O)c1ccco1)NC[C@H](c1ccccc1Cl)N1CCOCC1. The Kier molecular flexibility index (Phi) is 7.47. The maximum atomic E-state index is 12.3. The van der Waals surface area contributed by atoms with Gasteiger partial charge < -0.3 is 19.8 Å². The molecule has 150 valence electrons. The van der Waals surface area contributed by atoms with Crippen LogP contribution in [-0.4, -0.2) is 56.1 Å². The van der Waals surface area contributed by atoms with Crippen LogP contribution in [0.5, 0.6) is 0 Å². The third-order valence-electron chi connectivity index (χ3n) is 4.63. The highest BCUT2D eigenvalue weighted by molar-refractivity contribution is 6.31. The zero-order chi connectivity index (χ0) is 19.8. The molecule has 0 aliphatic carbocycles. The lowest BCUT2D eigenvalue weighted by Crippen LogP contribution is -2.44. The largest absolute Gasteiger partial charge is 0.459 e. The van der Waals surface area contributed by atoms with Gasteiger partial charge in [0.2, 0.25) is 5.91 Å². The first-order valence-corrected chi connectivity index (χ1v) is 9.67. The number of benzene rings is 1. The van der Waals surface area contributed by atoms with Crippen LogP contribution in [0.4, 0.5) is 0 Å². The normalized spacial score (nSPS) is 15.8. The molecular formula is C20H24ClN3O4. The van der Waals surface area contributed by atoms with Gasteiger partial charge in [0.05, 0.1) is 25.5 Å². The fourth-order valence-corrected chi connectivity index (χ4v) is 3.42. The van der Waals surface area contributed by atoms with E-state index in [9.17, 15) is 9.59 Å². The minimum atomic E-state index is -0.333. The molecule has 3 rings (SSSR count). The molecule has 1 aliphatic rings. The standard InChI is InChI=1S/C20H24ClN3O4/c21-16-5-2-1-4-15(16)17(24-9-12-27-13-10-24)14-23-19(25)7-8-22-20(26)18-6-3-11-28-18/h1-6,11,17H,7-10,12-14H2,(H,22,26)(H,23,25)/t17-/m1/s1. The molecule has 1 atom stereocenters. The van der Waals surface area contributed by atoms with Gasteiger partial charge in [-0.05, 0) is 23.8 Å². The second kappa shape index (κ2) is 10.3. The lowest BCUT2D eigenvalue weighted by Gasteiger charge is -2.35. The quantitative estimate of drug-likeness (QED) is 0.703. The number of rotatable bonds is 8. The van der Waals surface area contributed by atoms with Gasteiger partial charge in [-0.2, -0.15) is 0 Å². The van der Waals surface area contributed by atoms with Crippen LogP contribution in [-0.2, 0) is 9.53 Å². The van der Waals surface area contributed by atoms with Crippen LogP contribution in [0.2, 0.25) is 5.02 Å². The number of ether oxygens (including phenoxy) is 1. The third-order valence-corrected chi connectivity index (χ3v) is 4.97. The smallest absolute Gasteiger partial charge is 0.286 e. The molecule has 7 nitrogen and oxygen atoms in total. The predicted octanol–water partition coefficient (Wildman–Crippen LogP) is 2.24. The van der Waals surface area contributed by atoms with Crippen molar-refractivity contribution in [2.24, 2.45) is 0 Å². The topological polar surface area (TPSA) is 83.8 Å². The summed E-state index contributed by atoms with van der Waals surface area (Å²) >= 11 is 6.39. The molecule has 2 amide bonds. The van der Waals surface area contributed by atoms with Gasteiger partial charge in [-0.3, -0.25) is 14.5 Å². The highest BCUT2D eigenvalue weighted by atomic mass is 35.5. The highest BCUT2D eigenvalue weighted by Crippen LogP contribution is 2.27. The van der Waals surface area contributed by atoms with Gasteiger partial charge in [0, 0.05) is 37.6 Å². The van der Waals surface area contributed by atoms with Gasteiger partial charge in [0.15, 0.2) is 5.76 Å². The Hall–Kier alpha value is -2.35. The fraction of sp³-hybridized carbons (Fsp3) is 0.400. The Labute approximate surface area is 169 Å². The van der Waals surface area contributed by atoms with Crippen LogP contribution in [0.3, 0.4) is 0 Å². The Morgan fingerprint density at radius 1 is 1.11 bits per heavy atom. The van der Waals surface area contributed by atoms with Crippen LogP contribution in [0.25, 0.3) is 0 Å². The second-order valence-electron chi connectivity index (χ2n) is 6.47. The van der Waals surface area contributed by atoms with Crippen LogP contribution < -0.4 is 10.6 Å². The molecule has 1 saturated heterocycles. The first-order chi connectivity index (χ1) is 13.6. The minimum Gasteiger partial charge on any atom is -0.459 e. The van der Waals surface area contributed by atoms with Gasteiger partial charge >= 0.3 is 0 Å². The fourth-order valence-electron chi connectivity index (χ4n) is 3.15. The van der Waals surface area contributed by atoms with E-state index >= 15 is 0 Å². The summed E-state index contributed by atoms with van der Waals surface area (Å²) in [5.41, 5.74) is 0.984. The third kappa shape index (κ3) is 5.58. The lowest BCUT2D eigenvalue weighted by molar-refractivity contribution is -0.121. The summed E-state index contributed by atoms with van der Waals surface area (Å²) in [4.78, 5) is 26.3. The first-order valence-electron chi connectivity index (χ1n) is 9.30. The summed E-state index contributed by atoms with van der Waals surface area (Å²) < 4.78 is 10.5. The maximum absolute atomic E-state index is 12.3. The number of nitrogens with one attached hydrogen (secondary N) is 2. The molecule has 8 heteroatoms. The Morgan fingerprint density at radius 2 is 1.89 bits per heavy atom. The van der Waals surface area contributed by atoms with Crippen LogP contribution in [0.15, 0.2) is 47.1 Å². The molecule has 1 fully saturated rings. The molecule has 2 heterocycles. The van der Waals surface area contributed by atoms with E-state index < -0.39 is 0 Å². The van der Waals surface area contributed by atoms with Gasteiger partial charge in [0.1, 0.15) is 0 Å². The zero-order valence-corrected chi connectivity index (χ0v) is 16.3. The monoisotopic (exact) mass is 405 g/mol. The number of nitrogens with zero attached hydrogens (tertiary/aromatic N) is 1. The van der Waals surface area contributed by atoms with E-state index in [0.717, 1.165) is 18.7 Å². The van der Waals surface area contributed by atoms with E-state index in [1.807, 2.05) is 24.3 Å². The number of carbonyl (C=O) groups is 2. The molecule has 0 spiro atoms. The average Bonchev–Trinajstić information content (AvgIpc) is 3.25. The average molecular weight is 406 g/mol. The van der Waals surface area contributed by atoms with Gasteiger partial charge in [-0.15, -0.1) is 0 Å². The highest BCUT2D eigenvalue weighted by Gasteiger charge is 2.24. The van der Waals surface area contributed by atoms with Gasteiger partial charge in [0.25, 0.3) is 5.91 Å². The molecule has 0 unspecified atom stereocenters. The molecular weight excluding hydrogens is 382 g/mol. The molecule has 2 N–H and O–H groups in total. The number of morpholine rings is 1. The molecule has 28 heavy (non-hydrogen) atoms. The van der Waals surface area contributed by atoms with E-state index in [-0.39, 0.29) is 36.6 Å². The van der Waals surface area contributed by atoms with E-state index in [0.29, 0.717) is 24.8 Å². The van der Waals surface area contributed by atoms with Crippen molar-refractivity contribution in [2.75, 3.05) is 39.4 Å². The number of carbonyl (C=O) groups excluding carboxylic acids is 2. The molecule has 0 bridgehead atoms. The number of furan rings is 1. The van der Waals surface area contributed by atoms with E-state index in [4.69, 9.17) is 20.8 Å². The Morgan fingerprint density at radius 3 is 2.61 bits per heavy atom. The summed E-state index contributed by atoms with van der Waals surface area (Å²) in [6, 6.07) is 10.9. The van der Waals surface area contributed by atoms with Crippen molar-refractivity contribution in [1.82, 2.24) is 15.5 Å². The number of amides is 2. The summed E-state index contributed by atoms with van der Waals surface area (Å²) in [5, 5.41) is 6.31. The van der Waals surface area contributed by atoms with Crippen molar-refractivity contribution >= 4 is 23.4 Å². The summed E-state index contributed by atoms with van der Waals surface area (Å²) in [5.74, 6) is -0.239. The van der Waals surface area contributed by atoms with Gasteiger partial charge in [-0.1, -0.05) is 29.8 Å². The van der Waals surface area contributed by atoms with Crippen molar-refractivity contribution in [2.45, 2.75) is 12.5 Å². The first kappa shape index (κ1) is 20.4. The molecule has 0 radical (unpaired) electrons. The second-order valence-corrected chi connectivity index (χ2v) is 6.88. The lowest BCUT2D eigenvalue weighted by atomic mass is 10.0.